The van der Waals surface area contributed by atoms with Gasteiger partial charge >= 0.3 is 0 Å². The largest absolute Gasteiger partial charge is 0.393 e. The Kier molecular flexibility index (Phi) is 1.57. The van der Waals surface area contributed by atoms with Crippen molar-refractivity contribution in [3.63, 3.8) is 0 Å². The first kappa shape index (κ1) is 6.74. The van der Waals surface area contributed by atoms with Crippen molar-refractivity contribution >= 4 is 0 Å². The van der Waals surface area contributed by atoms with Gasteiger partial charge in [-0.1, -0.05) is 6.08 Å². The smallest absolute Gasteiger partial charge is 0.134 e. The van der Waals surface area contributed by atoms with Crippen LogP contribution in [0.5, 0.6) is 0 Å². The lowest BCUT2D eigenvalue weighted by Gasteiger charge is -2.17. The summed E-state index contributed by atoms with van der Waals surface area (Å²) in [6.45, 7) is 3.57. The molecule has 1 saturated heterocycles. The summed E-state index contributed by atoms with van der Waals surface area (Å²) in [5.41, 5.74) is -1.21. The van der Waals surface area contributed by atoms with Gasteiger partial charge in [0.25, 0.3) is 0 Å². The zero-order chi connectivity index (χ0) is 6.91. The van der Waals surface area contributed by atoms with Crippen molar-refractivity contribution in [1.82, 2.24) is 0 Å². The molecule has 52 valence electrons. The van der Waals surface area contributed by atoms with Crippen LogP contribution in [0.2, 0.25) is 0 Å². The minimum atomic E-state index is -1.21. The highest BCUT2D eigenvalue weighted by Gasteiger charge is 2.42. The standard InChI is InChI=1S/C6H10O3/c1-2-6(8,4-7)5-3-9-5/h2,5,7-8H,1,3-4H2/t5-,6-/m1/s1. The van der Waals surface area contributed by atoms with Gasteiger partial charge in [0.05, 0.1) is 13.2 Å². The fraction of sp³-hybridized carbons (Fsp3) is 0.667. The summed E-state index contributed by atoms with van der Waals surface area (Å²) in [4.78, 5) is 0. The Morgan fingerprint density at radius 3 is 2.56 bits per heavy atom. The molecule has 0 radical (unpaired) electrons. The Morgan fingerprint density at radius 1 is 1.89 bits per heavy atom. The van der Waals surface area contributed by atoms with Crippen molar-refractivity contribution in [3.05, 3.63) is 12.7 Å². The number of epoxide rings is 1. The molecular weight excluding hydrogens is 120 g/mol. The lowest BCUT2D eigenvalue weighted by molar-refractivity contribution is 0.00479. The lowest BCUT2D eigenvalue weighted by Crippen LogP contribution is -2.36. The Hall–Kier alpha value is -0.380. The second-order valence-electron chi connectivity index (χ2n) is 2.18. The molecule has 0 unspecified atom stereocenters. The van der Waals surface area contributed by atoms with Crippen molar-refractivity contribution in [3.8, 4) is 0 Å². The maximum absolute atomic E-state index is 9.28. The average Bonchev–Trinajstić information content (AvgIpc) is 2.68. The van der Waals surface area contributed by atoms with E-state index in [1.807, 2.05) is 0 Å². The summed E-state index contributed by atoms with van der Waals surface area (Å²) in [5, 5.41) is 17.9. The quantitative estimate of drug-likeness (QED) is 0.392. The molecule has 9 heavy (non-hydrogen) atoms. The van der Waals surface area contributed by atoms with E-state index in [-0.39, 0.29) is 12.7 Å². The lowest BCUT2D eigenvalue weighted by atomic mass is 10.0. The zero-order valence-electron chi connectivity index (χ0n) is 5.08. The van der Waals surface area contributed by atoms with E-state index in [0.29, 0.717) is 6.61 Å². The van der Waals surface area contributed by atoms with E-state index in [4.69, 9.17) is 9.84 Å². The maximum atomic E-state index is 9.28. The van der Waals surface area contributed by atoms with Gasteiger partial charge in [-0.05, 0) is 0 Å². The highest BCUT2D eigenvalue weighted by atomic mass is 16.6. The monoisotopic (exact) mass is 130 g/mol. The number of hydrogen-bond donors (Lipinski definition) is 2. The maximum Gasteiger partial charge on any atom is 0.134 e. The fourth-order valence-electron chi connectivity index (χ4n) is 0.635. The minimum Gasteiger partial charge on any atom is -0.393 e. The van der Waals surface area contributed by atoms with Crippen molar-refractivity contribution in [2.24, 2.45) is 0 Å². The second kappa shape index (κ2) is 2.10. The third-order valence-electron chi connectivity index (χ3n) is 1.50. The topological polar surface area (TPSA) is 53.0 Å². The molecule has 1 fully saturated rings. The van der Waals surface area contributed by atoms with Gasteiger partial charge in [0.15, 0.2) is 0 Å². The van der Waals surface area contributed by atoms with Gasteiger partial charge in [0.2, 0.25) is 0 Å². The van der Waals surface area contributed by atoms with E-state index in [1.165, 1.54) is 6.08 Å². The third-order valence-corrected chi connectivity index (χ3v) is 1.50. The van der Waals surface area contributed by atoms with Crippen molar-refractivity contribution in [2.75, 3.05) is 13.2 Å². The fourth-order valence-corrected chi connectivity index (χ4v) is 0.635. The van der Waals surface area contributed by atoms with Crippen LogP contribution in [0.25, 0.3) is 0 Å². The van der Waals surface area contributed by atoms with Crippen LogP contribution in [0, 0.1) is 0 Å². The van der Waals surface area contributed by atoms with Gasteiger partial charge in [0, 0.05) is 0 Å². The van der Waals surface area contributed by atoms with Crippen molar-refractivity contribution < 1.29 is 14.9 Å². The Morgan fingerprint density at radius 2 is 2.44 bits per heavy atom. The molecule has 0 spiro atoms. The minimum absolute atomic E-state index is 0.236. The number of ether oxygens (including phenoxy) is 1. The van der Waals surface area contributed by atoms with Gasteiger partial charge in [0.1, 0.15) is 11.7 Å². The van der Waals surface area contributed by atoms with Gasteiger partial charge in [-0.3, -0.25) is 0 Å². The normalized spacial score (nSPS) is 31.1. The summed E-state index contributed by atoms with van der Waals surface area (Å²) < 4.78 is 4.77. The Bertz CT molecular complexity index is 119. The number of hydrogen-bond acceptors (Lipinski definition) is 3. The molecule has 0 aliphatic carbocycles. The molecule has 1 heterocycles. The molecule has 0 aromatic carbocycles. The Balaban J connectivity index is 2.53. The Labute approximate surface area is 53.6 Å². The van der Waals surface area contributed by atoms with Crippen LogP contribution in [0.1, 0.15) is 0 Å². The molecule has 2 N–H and O–H groups in total. The molecule has 0 saturated carbocycles. The molecule has 2 atom stereocenters. The van der Waals surface area contributed by atoms with Gasteiger partial charge in [-0.25, -0.2) is 0 Å². The molecule has 1 rings (SSSR count). The molecule has 0 amide bonds. The van der Waals surface area contributed by atoms with Crippen LogP contribution < -0.4 is 0 Å². The van der Waals surface area contributed by atoms with E-state index in [1.54, 1.807) is 0 Å². The van der Waals surface area contributed by atoms with Crippen molar-refractivity contribution in [1.29, 1.82) is 0 Å². The molecule has 0 aromatic rings. The molecule has 0 aromatic heterocycles. The van der Waals surface area contributed by atoms with Crippen molar-refractivity contribution in [2.45, 2.75) is 11.7 Å². The molecule has 1 aliphatic rings. The third kappa shape index (κ3) is 1.13. The van der Waals surface area contributed by atoms with Crippen LogP contribution in [-0.2, 0) is 4.74 Å². The van der Waals surface area contributed by atoms with E-state index in [0.717, 1.165) is 0 Å². The first-order chi connectivity index (χ1) is 4.23. The molecular formula is C6H10O3. The molecule has 1 aliphatic heterocycles. The van der Waals surface area contributed by atoms with E-state index >= 15 is 0 Å². The summed E-state index contributed by atoms with van der Waals surface area (Å²) in [7, 11) is 0. The average molecular weight is 130 g/mol. The predicted molar refractivity (Wildman–Crippen MR) is 32.0 cm³/mol. The van der Waals surface area contributed by atoms with Crippen LogP contribution in [0.3, 0.4) is 0 Å². The van der Waals surface area contributed by atoms with Crippen LogP contribution >= 0.6 is 0 Å². The van der Waals surface area contributed by atoms with E-state index in [2.05, 4.69) is 6.58 Å². The summed E-state index contributed by atoms with van der Waals surface area (Å²) in [5.74, 6) is 0. The van der Waals surface area contributed by atoms with Crippen LogP contribution in [0.4, 0.5) is 0 Å². The summed E-state index contributed by atoms with van der Waals surface area (Å²) in [6.07, 6.45) is 1.07. The first-order valence-corrected chi connectivity index (χ1v) is 2.81. The zero-order valence-corrected chi connectivity index (χ0v) is 5.08. The van der Waals surface area contributed by atoms with Crippen LogP contribution in [0.15, 0.2) is 12.7 Å². The van der Waals surface area contributed by atoms with Gasteiger partial charge < -0.3 is 14.9 Å². The highest BCUT2D eigenvalue weighted by molar-refractivity contribution is 5.05. The predicted octanol–water partition coefficient (Wildman–Crippen LogP) is -0.705. The molecule has 0 bridgehead atoms. The van der Waals surface area contributed by atoms with Gasteiger partial charge in [-0.15, -0.1) is 6.58 Å². The number of rotatable bonds is 3. The number of aliphatic hydroxyl groups excluding tert-OH is 1. The van der Waals surface area contributed by atoms with E-state index < -0.39 is 5.60 Å². The van der Waals surface area contributed by atoms with E-state index in [9.17, 15) is 5.11 Å². The molecule has 3 heteroatoms. The summed E-state index contributed by atoms with van der Waals surface area (Å²) >= 11 is 0. The SMILES string of the molecule is C=C[C@@](O)(CO)[C@H]1CO1. The molecule has 3 nitrogen and oxygen atoms in total. The first-order valence-electron chi connectivity index (χ1n) is 2.81. The highest BCUT2D eigenvalue weighted by Crippen LogP contribution is 2.24. The van der Waals surface area contributed by atoms with Gasteiger partial charge in [-0.2, -0.15) is 0 Å². The number of aliphatic hydroxyl groups is 2. The summed E-state index contributed by atoms with van der Waals surface area (Å²) in [6, 6.07) is 0. The van der Waals surface area contributed by atoms with Crippen LogP contribution in [-0.4, -0.2) is 35.1 Å². The second-order valence-corrected chi connectivity index (χ2v) is 2.18.